The van der Waals surface area contributed by atoms with Crippen LogP contribution in [0, 0.1) is 6.92 Å². The maximum atomic E-state index is 13.7. The van der Waals surface area contributed by atoms with E-state index in [1.165, 1.54) is 37.7 Å². The number of nitrogens with zero attached hydrogens (tertiary/aromatic N) is 2. The van der Waals surface area contributed by atoms with Crippen molar-refractivity contribution in [2.24, 2.45) is 0 Å². The summed E-state index contributed by atoms with van der Waals surface area (Å²) in [6, 6.07) is 8.26. The number of carbonyl (C=O) groups is 2. The van der Waals surface area contributed by atoms with E-state index in [-0.39, 0.29) is 30.4 Å². The highest BCUT2D eigenvalue weighted by Gasteiger charge is 2.45. The van der Waals surface area contributed by atoms with E-state index in [9.17, 15) is 9.59 Å². The highest BCUT2D eigenvalue weighted by Crippen LogP contribution is 2.36. The normalized spacial score (nSPS) is 25.8. The van der Waals surface area contributed by atoms with E-state index < -0.39 is 6.04 Å². The molecular formula is C24H34N2O2. The topological polar surface area (TPSA) is 40.6 Å². The van der Waals surface area contributed by atoms with Crippen molar-refractivity contribution in [2.75, 3.05) is 6.54 Å². The Bertz CT molecular complexity index is 685. The van der Waals surface area contributed by atoms with Crippen LogP contribution in [0.4, 0.5) is 0 Å². The highest BCUT2D eigenvalue weighted by atomic mass is 16.2. The Balaban J connectivity index is 1.66. The summed E-state index contributed by atoms with van der Waals surface area (Å²) in [5.74, 6) is 0.306. The first-order valence-electron chi connectivity index (χ1n) is 11.3. The summed E-state index contributed by atoms with van der Waals surface area (Å²) < 4.78 is 0. The number of piperazine rings is 1. The molecule has 152 valence electrons. The summed E-state index contributed by atoms with van der Waals surface area (Å²) in [5, 5.41) is 0. The lowest BCUT2D eigenvalue weighted by molar-refractivity contribution is -0.161. The average molecular weight is 383 g/mol. The van der Waals surface area contributed by atoms with Crippen molar-refractivity contribution in [1.82, 2.24) is 9.80 Å². The fourth-order valence-electron chi connectivity index (χ4n) is 5.43. The molecule has 2 aliphatic carbocycles. The molecule has 3 fully saturated rings. The van der Waals surface area contributed by atoms with Gasteiger partial charge in [-0.2, -0.15) is 0 Å². The van der Waals surface area contributed by atoms with Crippen molar-refractivity contribution >= 4 is 11.8 Å². The van der Waals surface area contributed by atoms with Crippen LogP contribution in [0.2, 0.25) is 0 Å². The average Bonchev–Trinajstić information content (AvgIpc) is 3.19. The van der Waals surface area contributed by atoms with E-state index in [2.05, 4.69) is 31.2 Å². The minimum Gasteiger partial charge on any atom is -0.328 e. The Morgan fingerprint density at radius 3 is 1.93 bits per heavy atom. The van der Waals surface area contributed by atoms with Gasteiger partial charge < -0.3 is 9.80 Å². The van der Waals surface area contributed by atoms with Crippen LogP contribution < -0.4 is 0 Å². The fraction of sp³-hybridized carbons (Fsp3) is 0.667. The van der Waals surface area contributed by atoms with Crippen LogP contribution in [0.1, 0.15) is 87.8 Å². The minimum atomic E-state index is -0.438. The van der Waals surface area contributed by atoms with Gasteiger partial charge in [-0.1, -0.05) is 74.8 Å². The molecule has 0 N–H and O–H groups in total. The number of amides is 2. The predicted molar refractivity (Wildman–Crippen MR) is 111 cm³/mol. The molecular weight excluding hydrogens is 348 g/mol. The van der Waals surface area contributed by atoms with Gasteiger partial charge in [0.1, 0.15) is 12.6 Å². The summed E-state index contributed by atoms with van der Waals surface area (Å²) in [7, 11) is 0. The lowest BCUT2D eigenvalue weighted by Crippen LogP contribution is -2.60. The standard InChI is InChI=1S/C24H34N2O2/c1-18-13-15-19(16-14-18)23-24(28)25(20-9-7-8-10-20)17-22(27)26(23)21-11-5-3-2-4-6-12-21/h13-16,20-21,23H,2-12,17H2,1H3. The first-order valence-corrected chi connectivity index (χ1v) is 11.3. The molecule has 1 heterocycles. The second-order valence-corrected chi connectivity index (χ2v) is 9.02. The Kier molecular flexibility index (Phi) is 6.03. The largest absolute Gasteiger partial charge is 0.328 e. The second-order valence-electron chi connectivity index (χ2n) is 9.02. The van der Waals surface area contributed by atoms with Crippen molar-refractivity contribution in [2.45, 2.75) is 95.7 Å². The molecule has 1 unspecified atom stereocenters. The van der Waals surface area contributed by atoms with Gasteiger partial charge in [0.15, 0.2) is 0 Å². The molecule has 1 aromatic rings. The third-order valence-electron chi connectivity index (χ3n) is 7.02. The second kappa shape index (κ2) is 8.67. The van der Waals surface area contributed by atoms with E-state index in [0.717, 1.165) is 44.1 Å². The summed E-state index contributed by atoms with van der Waals surface area (Å²) >= 11 is 0. The molecule has 4 nitrogen and oxygen atoms in total. The molecule has 1 atom stereocenters. The first-order chi connectivity index (χ1) is 13.6. The number of aryl methyl sites for hydroxylation is 1. The molecule has 4 rings (SSSR count). The smallest absolute Gasteiger partial charge is 0.250 e. The van der Waals surface area contributed by atoms with E-state index in [1.807, 2.05) is 9.80 Å². The number of benzene rings is 1. The molecule has 1 aliphatic heterocycles. The third-order valence-corrected chi connectivity index (χ3v) is 7.02. The van der Waals surface area contributed by atoms with Gasteiger partial charge in [-0.05, 0) is 38.2 Å². The summed E-state index contributed by atoms with van der Waals surface area (Å²) in [5.41, 5.74) is 2.16. The maximum Gasteiger partial charge on any atom is 0.250 e. The quantitative estimate of drug-likeness (QED) is 0.756. The number of rotatable bonds is 3. The van der Waals surface area contributed by atoms with Gasteiger partial charge in [-0.15, -0.1) is 0 Å². The summed E-state index contributed by atoms with van der Waals surface area (Å²) in [6.45, 7) is 2.34. The molecule has 2 saturated carbocycles. The molecule has 0 radical (unpaired) electrons. The van der Waals surface area contributed by atoms with Gasteiger partial charge in [0.2, 0.25) is 5.91 Å². The van der Waals surface area contributed by atoms with Gasteiger partial charge in [0.05, 0.1) is 0 Å². The lowest BCUT2D eigenvalue weighted by atomic mass is 9.91. The number of hydrogen-bond acceptors (Lipinski definition) is 2. The molecule has 1 saturated heterocycles. The summed E-state index contributed by atoms with van der Waals surface area (Å²) in [4.78, 5) is 31.0. The molecule has 1 aromatic carbocycles. The molecule has 4 heteroatoms. The zero-order valence-electron chi connectivity index (χ0n) is 17.2. The molecule has 0 bridgehead atoms. The zero-order valence-corrected chi connectivity index (χ0v) is 17.2. The van der Waals surface area contributed by atoms with Crippen LogP contribution in [0.3, 0.4) is 0 Å². The van der Waals surface area contributed by atoms with E-state index in [1.54, 1.807) is 0 Å². The number of hydrogen-bond donors (Lipinski definition) is 0. The van der Waals surface area contributed by atoms with Crippen molar-refractivity contribution in [3.63, 3.8) is 0 Å². The SMILES string of the molecule is Cc1ccc(C2C(=O)N(C3CCCC3)CC(=O)N2C2CCCCCCC2)cc1. The Labute approximate surface area is 169 Å². The van der Waals surface area contributed by atoms with Gasteiger partial charge >= 0.3 is 0 Å². The van der Waals surface area contributed by atoms with E-state index >= 15 is 0 Å². The first kappa shape index (κ1) is 19.5. The molecule has 0 aromatic heterocycles. The van der Waals surface area contributed by atoms with Gasteiger partial charge in [-0.25, -0.2) is 0 Å². The van der Waals surface area contributed by atoms with Gasteiger partial charge in [0, 0.05) is 12.1 Å². The van der Waals surface area contributed by atoms with Crippen molar-refractivity contribution in [3.8, 4) is 0 Å². The molecule has 28 heavy (non-hydrogen) atoms. The number of carbonyl (C=O) groups excluding carboxylic acids is 2. The van der Waals surface area contributed by atoms with Crippen molar-refractivity contribution in [1.29, 1.82) is 0 Å². The third kappa shape index (κ3) is 3.97. The Morgan fingerprint density at radius 2 is 1.29 bits per heavy atom. The van der Waals surface area contributed by atoms with Crippen molar-refractivity contribution in [3.05, 3.63) is 35.4 Å². The van der Waals surface area contributed by atoms with E-state index in [0.29, 0.717) is 0 Å². The lowest BCUT2D eigenvalue weighted by Gasteiger charge is -2.46. The van der Waals surface area contributed by atoms with Crippen LogP contribution in [0.15, 0.2) is 24.3 Å². The molecule has 2 amide bonds. The van der Waals surface area contributed by atoms with Crippen LogP contribution in [0.5, 0.6) is 0 Å². The highest BCUT2D eigenvalue weighted by molar-refractivity contribution is 5.96. The Hall–Kier alpha value is -1.84. The van der Waals surface area contributed by atoms with Crippen LogP contribution >= 0.6 is 0 Å². The Morgan fingerprint density at radius 1 is 0.750 bits per heavy atom. The van der Waals surface area contributed by atoms with Crippen LogP contribution in [-0.4, -0.2) is 40.2 Å². The monoisotopic (exact) mass is 382 g/mol. The molecule has 0 spiro atoms. The van der Waals surface area contributed by atoms with Gasteiger partial charge in [-0.3, -0.25) is 9.59 Å². The predicted octanol–water partition coefficient (Wildman–Crippen LogP) is 4.76. The maximum absolute atomic E-state index is 13.7. The van der Waals surface area contributed by atoms with Crippen LogP contribution in [0.25, 0.3) is 0 Å². The molecule has 3 aliphatic rings. The minimum absolute atomic E-state index is 0.150. The zero-order chi connectivity index (χ0) is 19.5. The summed E-state index contributed by atoms with van der Waals surface area (Å²) in [6.07, 6.45) is 12.6. The van der Waals surface area contributed by atoms with Gasteiger partial charge in [0.25, 0.3) is 5.91 Å². The van der Waals surface area contributed by atoms with Crippen LogP contribution in [-0.2, 0) is 9.59 Å². The fourth-order valence-corrected chi connectivity index (χ4v) is 5.43. The van der Waals surface area contributed by atoms with Crippen molar-refractivity contribution < 1.29 is 9.59 Å². The van der Waals surface area contributed by atoms with E-state index in [4.69, 9.17) is 0 Å².